The molecule has 2 aliphatic heterocycles. The number of carbonyl (C=O) groups excluding carboxylic acids is 1. The summed E-state index contributed by atoms with van der Waals surface area (Å²) in [6.07, 6.45) is 4.03. The van der Waals surface area contributed by atoms with E-state index in [0.717, 1.165) is 37.5 Å². The predicted molar refractivity (Wildman–Crippen MR) is 67.6 cm³/mol. The summed E-state index contributed by atoms with van der Waals surface area (Å²) in [7, 11) is 0. The summed E-state index contributed by atoms with van der Waals surface area (Å²) >= 11 is 0. The third kappa shape index (κ3) is 3.22. The molecule has 2 aliphatic rings. The fourth-order valence-corrected chi connectivity index (χ4v) is 2.19. The third-order valence-electron chi connectivity index (χ3n) is 3.25. The number of rotatable bonds is 1. The van der Waals surface area contributed by atoms with E-state index >= 15 is 0 Å². The Morgan fingerprint density at radius 3 is 2.82 bits per heavy atom. The van der Waals surface area contributed by atoms with Crippen LogP contribution in [0.1, 0.15) is 26.7 Å². The minimum atomic E-state index is 0.179. The van der Waals surface area contributed by atoms with Crippen molar-refractivity contribution in [2.75, 3.05) is 19.8 Å². The summed E-state index contributed by atoms with van der Waals surface area (Å²) in [4.78, 5) is 17.5. The summed E-state index contributed by atoms with van der Waals surface area (Å²) in [5.41, 5.74) is 1.14. The predicted octanol–water partition coefficient (Wildman–Crippen LogP) is 0.450. The molecule has 94 valence electrons. The number of aliphatic imine (C=N–C) groups is 1. The molecule has 0 aromatic heterocycles. The van der Waals surface area contributed by atoms with Gasteiger partial charge >= 0.3 is 0 Å². The summed E-state index contributed by atoms with van der Waals surface area (Å²) < 4.78 is 0. The van der Waals surface area contributed by atoms with E-state index in [1.165, 1.54) is 0 Å². The zero-order valence-electron chi connectivity index (χ0n) is 10.5. The normalized spacial score (nSPS) is 21.4. The van der Waals surface area contributed by atoms with E-state index in [-0.39, 0.29) is 5.91 Å². The highest BCUT2D eigenvalue weighted by atomic mass is 16.2. The van der Waals surface area contributed by atoms with Gasteiger partial charge in [0.2, 0.25) is 5.91 Å². The van der Waals surface area contributed by atoms with Gasteiger partial charge in [-0.2, -0.15) is 0 Å². The topological polar surface area (TPSA) is 56.7 Å². The van der Waals surface area contributed by atoms with Gasteiger partial charge in [0.05, 0.1) is 0 Å². The van der Waals surface area contributed by atoms with E-state index in [0.29, 0.717) is 12.7 Å². The van der Waals surface area contributed by atoms with Crippen LogP contribution in [0.2, 0.25) is 0 Å². The molecule has 0 aliphatic carbocycles. The Morgan fingerprint density at radius 2 is 2.24 bits per heavy atom. The van der Waals surface area contributed by atoms with Crippen LogP contribution in [-0.2, 0) is 4.79 Å². The average molecular weight is 236 g/mol. The zero-order chi connectivity index (χ0) is 12.3. The molecule has 17 heavy (non-hydrogen) atoms. The fourth-order valence-electron chi connectivity index (χ4n) is 2.19. The van der Waals surface area contributed by atoms with Gasteiger partial charge in [-0.1, -0.05) is 0 Å². The molecule has 0 spiro atoms. The van der Waals surface area contributed by atoms with Crippen molar-refractivity contribution in [2.45, 2.75) is 32.7 Å². The van der Waals surface area contributed by atoms with Gasteiger partial charge in [0.25, 0.3) is 0 Å². The molecule has 2 rings (SSSR count). The van der Waals surface area contributed by atoms with E-state index in [1.807, 2.05) is 17.9 Å². The molecule has 0 bridgehead atoms. The van der Waals surface area contributed by atoms with Crippen LogP contribution in [0.25, 0.3) is 0 Å². The number of likely N-dealkylation sites (tertiary alicyclic amines) is 1. The smallest absolute Gasteiger partial charge is 0.219 e. The molecule has 5 heteroatoms. The highest BCUT2D eigenvalue weighted by Gasteiger charge is 2.21. The molecule has 0 saturated carbocycles. The second kappa shape index (κ2) is 5.21. The number of nitrogens with one attached hydrogen (secondary N) is 2. The lowest BCUT2D eigenvalue weighted by Crippen LogP contribution is -2.46. The molecule has 0 aromatic carbocycles. The van der Waals surface area contributed by atoms with Crippen molar-refractivity contribution in [1.29, 1.82) is 0 Å². The summed E-state index contributed by atoms with van der Waals surface area (Å²) in [5.74, 6) is 1.14. The van der Waals surface area contributed by atoms with E-state index < -0.39 is 0 Å². The molecule has 1 amide bonds. The Bertz CT molecular complexity index is 354. The standard InChI is InChI=1S/C12H20N4O/c1-9-7-12(14-8-13-9)15-11-3-5-16(6-4-11)10(2)17/h7,11,13H,3-6,8H2,1-2H3,(H,14,15). The largest absolute Gasteiger partial charge is 0.370 e. The van der Waals surface area contributed by atoms with Crippen LogP contribution in [-0.4, -0.2) is 42.4 Å². The minimum absolute atomic E-state index is 0.179. The summed E-state index contributed by atoms with van der Waals surface area (Å²) in [5, 5.41) is 6.60. The number of amides is 1. The second-order valence-corrected chi connectivity index (χ2v) is 4.63. The van der Waals surface area contributed by atoms with E-state index in [9.17, 15) is 4.79 Å². The first-order valence-corrected chi connectivity index (χ1v) is 6.14. The van der Waals surface area contributed by atoms with Crippen molar-refractivity contribution in [3.05, 3.63) is 11.8 Å². The Kier molecular flexibility index (Phi) is 3.66. The number of amidine groups is 1. The van der Waals surface area contributed by atoms with Gasteiger partial charge < -0.3 is 15.5 Å². The Labute approximate surface area is 102 Å². The Balaban J connectivity index is 1.82. The first-order valence-electron chi connectivity index (χ1n) is 6.14. The van der Waals surface area contributed by atoms with Crippen LogP contribution >= 0.6 is 0 Å². The van der Waals surface area contributed by atoms with Crippen molar-refractivity contribution in [3.8, 4) is 0 Å². The van der Waals surface area contributed by atoms with Crippen LogP contribution in [0.4, 0.5) is 0 Å². The average Bonchev–Trinajstić information content (AvgIpc) is 2.29. The van der Waals surface area contributed by atoms with E-state index in [4.69, 9.17) is 0 Å². The molecule has 1 fully saturated rings. The third-order valence-corrected chi connectivity index (χ3v) is 3.25. The Morgan fingerprint density at radius 1 is 1.53 bits per heavy atom. The van der Waals surface area contributed by atoms with Gasteiger partial charge in [0.1, 0.15) is 12.5 Å². The number of piperidine rings is 1. The highest BCUT2D eigenvalue weighted by molar-refractivity contribution is 5.94. The van der Waals surface area contributed by atoms with Gasteiger partial charge in [-0.25, -0.2) is 4.99 Å². The van der Waals surface area contributed by atoms with E-state index in [2.05, 4.69) is 15.6 Å². The lowest BCUT2D eigenvalue weighted by molar-refractivity contribution is -0.129. The van der Waals surface area contributed by atoms with Crippen LogP contribution in [0, 0.1) is 0 Å². The number of nitrogens with zero attached hydrogens (tertiary/aromatic N) is 2. The second-order valence-electron chi connectivity index (χ2n) is 4.63. The maximum absolute atomic E-state index is 11.2. The number of hydrogen-bond donors (Lipinski definition) is 2. The van der Waals surface area contributed by atoms with Crippen molar-refractivity contribution in [2.24, 2.45) is 4.99 Å². The summed E-state index contributed by atoms with van der Waals surface area (Å²) in [6, 6.07) is 0.437. The van der Waals surface area contributed by atoms with Crippen molar-refractivity contribution >= 4 is 11.7 Å². The van der Waals surface area contributed by atoms with Gasteiger partial charge in [-0.15, -0.1) is 0 Å². The van der Waals surface area contributed by atoms with Crippen LogP contribution < -0.4 is 10.6 Å². The molecular formula is C12H20N4O. The maximum atomic E-state index is 11.2. The SMILES string of the molecule is CC(=O)N1CCC(NC2=NCNC(C)=C2)CC1. The van der Waals surface area contributed by atoms with Gasteiger partial charge in [0.15, 0.2) is 0 Å². The molecule has 5 nitrogen and oxygen atoms in total. The first kappa shape index (κ1) is 12.0. The number of carbonyl (C=O) groups is 1. The lowest BCUT2D eigenvalue weighted by Gasteiger charge is -2.32. The van der Waals surface area contributed by atoms with Crippen molar-refractivity contribution in [3.63, 3.8) is 0 Å². The van der Waals surface area contributed by atoms with Gasteiger partial charge in [0, 0.05) is 31.8 Å². The molecule has 1 saturated heterocycles. The molecular weight excluding hydrogens is 216 g/mol. The molecule has 0 aromatic rings. The highest BCUT2D eigenvalue weighted by Crippen LogP contribution is 2.11. The quantitative estimate of drug-likeness (QED) is 0.695. The van der Waals surface area contributed by atoms with Crippen LogP contribution in [0.15, 0.2) is 16.8 Å². The van der Waals surface area contributed by atoms with Crippen LogP contribution in [0.3, 0.4) is 0 Å². The van der Waals surface area contributed by atoms with Crippen molar-refractivity contribution in [1.82, 2.24) is 15.5 Å². The molecule has 0 unspecified atom stereocenters. The summed E-state index contributed by atoms with van der Waals surface area (Å²) in [6.45, 7) is 6.02. The fraction of sp³-hybridized carbons (Fsp3) is 0.667. The molecule has 0 atom stereocenters. The number of hydrogen-bond acceptors (Lipinski definition) is 4. The van der Waals surface area contributed by atoms with Gasteiger partial charge in [-0.3, -0.25) is 4.79 Å². The van der Waals surface area contributed by atoms with Crippen molar-refractivity contribution < 1.29 is 4.79 Å². The zero-order valence-corrected chi connectivity index (χ0v) is 10.5. The van der Waals surface area contributed by atoms with E-state index in [1.54, 1.807) is 6.92 Å². The molecule has 0 radical (unpaired) electrons. The number of allylic oxidation sites excluding steroid dienone is 1. The lowest BCUT2D eigenvalue weighted by atomic mass is 10.0. The monoisotopic (exact) mass is 236 g/mol. The Hall–Kier alpha value is -1.52. The maximum Gasteiger partial charge on any atom is 0.219 e. The van der Waals surface area contributed by atoms with Gasteiger partial charge in [-0.05, 0) is 25.8 Å². The van der Waals surface area contributed by atoms with Crippen LogP contribution in [0.5, 0.6) is 0 Å². The molecule has 2 N–H and O–H groups in total. The first-order chi connectivity index (χ1) is 8.15. The minimum Gasteiger partial charge on any atom is -0.370 e. The molecule has 2 heterocycles.